The van der Waals surface area contributed by atoms with Gasteiger partial charge in [-0.1, -0.05) is 89.5 Å². The van der Waals surface area contributed by atoms with E-state index in [9.17, 15) is 19.2 Å². The molecule has 0 saturated carbocycles. The molecular formula is C51H68O11. The molecule has 0 aliphatic heterocycles. The van der Waals surface area contributed by atoms with Gasteiger partial charge in [0.15, 0.2) is 11.5 Å². The van der Waals surface area contributed by atoms with Crippen molar-refractivity contribution < 1.29 is 52.3 Å². The van der Waals surface area contributed by atoms with E-state index in [-0.39, 0.29) is 23.9 Å². The van der Waals surface area contributed by atoms with Crippen LogP contribution in [0.5, 0.6) is 23.0 Å². The number of carbonyl (C=O) groups excluding carboxylic acids is 4. The molecule has 3 aromatic rings. The molecule has 0 atom stereocenters. The van der Waals surface area contributed by atoms with E-state index in [1.807, 2.05) is 24.3 Å². The van der Waals surface area contributed by atoms with Gasteiger partial charge in [0.1, 0.15) is 17.1 Å². The van der Waals surface area contributed by atoms with Crippen LogP contribution in [0.2, 0.25) is 0 Å². The average molecular weight is 857 g/mol. The van der Waals surface area contributed by atoms with Gasteiger partial charge in [0.05, 0.1) is 46.2 Å². The number of methoxy groups -OCH3 is 2. The van der Waals surface area contributed by atoms with Gasteiger partial charge in [-0.2, -0.15) is 0 Å². The summed E-state index contributed by atoms with van der Waals surface area (Å²) >= 11 is 0. The lowest BCUT2D eigenvalue weighted by molar-refractivity contribution is -0.139. The van der Waals surface area contributed by atoms with Crippen molar-refractivity contribution in [3.8, 4) is 23.0 Å². The summed E-state index contributed by atoms with van der Waals surface area (Å²) in [5, 5.41) is 0. The first kappa shape index (κ1) is 50.8. The van der Waals surface area contributed by atoms with Gasteiger partial charge < -0.3 is 33.2 Å². The molecule has 0 amide bonds. The molecule has 3 rings (SSSR count). The Kier molecular flexibility index (Phi) is 24.9. The zero-order valence-corrected chi connectivity index (χ0v) is 37.5. The molecule has 0 bridgehead atoms. The van der Waals surface area contributed by atoms with E-state index in [0.717, 1.165) is 115 Å². The van der Waals surface area contributed by atoms with Crippen LogP contribution >= 0.6 is 0 Å². The van der Waals surface area contributed by atoms with Crippen LogP contribution in [0.15, 0.2) is 78.9 Å². The highest BCUT2D eigenvalue weighted by Gasteiger charge is 2.20. The highest BCUT2D eigenvalue weighted by molar-refractivity contribution is 5.96. The first-order chi connectivity index (χ1) is 30.1. The smallest absolute Gasteiger partial charge is 0.343 e. The zero-order chi connectivity index (χ0) is 44.8. The van der Waals surface area contributed by atoms with Gasteiger partial charge in [-0.15, -0.1) is 0 Å². The molecule has 338 valence electrons. The topological polar surface area (TPSA) is 133 Å². The van der Waals surface area contributed by atoms with Crippen molar-refractivity contribution in [3.63, 3.8) is 0 Å². The summed E-state index contributed by atoms with van der Waals surface area (Å²) < 4.78 is 38.7. The van der Waals surface area contributed by atoms with Crippen LogP contribution in [0.1, 0.15) is 148 Å². The normalized spacial score (nSPS) is 10.9. The van der Waals surface area contributed by atoms with E-state index in [4.69, 9.17) is 28.4 Å². The van der Waals surface area contributed by atoms with Crippen molar-refractivity contribution in [3.05, 3.63) is 101 Å². The second-order valence-corrected chi connectivity index (χ2v) is 15.3. The van der Waals surface area contributed by atoms with Gasteiger partial charge >= 0.3 is 23.9 Å². The molecule has 0 N–H and O–H groups in total. The summed E-state index contributed by atoms with van der Waals surface area (Å²) in [6.45, 7) is 9.07. The highest BCUT2D eigenvalue weighted by Crippen LogP contribution is 2.30. The average Bonchev–Trinajstić information content (AvgIpc) is 3.28. The molecule has 0 spiro atoms. The molecule has 0 saturated heterocycles. The fourth-order valence-corrected chi connectivity index (χ4v) is 6.43. The van der Waals surface area contributed by atoms with Gasteiger partial charge in [0.25, 0.3) is 0 Å². The van der Waals surface area contributed by atoms with E-state index in [0.29, 0.717) is 48.2 Å². The number of aryl methyl sites for hydroxylation is 1. The molecule has 11 heteroatoms. The third-order valence-corrected chi connectivity index (χ3v) is 10.1. The molecule has 0 radical (unpaired) electrons. The first-order valence-corrected chi connectivity index (χ1v) is 22.3. The van der Waals surface area contributed by atoms with Gasteiger partial charge in [-0.3, -0.25) is 0 Å². The van der Waals surface area contributed by atoms with Crippen LogP contribution in [0, 0.1) is 0 Å². The molecule has 11 nitrogen and oxygen atoms in total. The van der Waals surface area contributed by atoms with Gasteiger partial charge in [0, 0.05) is 11.6 Å². The minimum atomic E-state index is -0.567. The summed E-state index contributed by atoms with van der Waals surface area (Å²) in [6, 6.07) is 17.8. The monoisotopic (exact) mass is 856 g/mol. The quantitative estimate of drug-likeness (QED) is 0.0195. The fourth-order valence-electron chi connectivity index (χ4n) is 6.43. The van der Waals surface area contributed by atoms with Gasteiger partial charge in [-0.25, -0.2) is 19.2 Å². The van der Waals surface area contributed by atoms with Crippen LogP contribution in [-0.4, -0.2) is 64.5 Å². The zero-order valence-electron chi connectivity index (χ0n) is 37.5. The highest BCUT2D eigenvalue weighted by atomic mass is 16.6. The molecular weight excluding hydrogens is 789 g/mol. The number of rotatable bonds is 32. The van der Waals surface area contributed by atoms with Crippen LogP contribution in [0.25, 0.3) is 6.08 Å². The predicted molar refractivity (Wildman–Crippen MR) is 242 cm³/mol. The number of benzene rings is 3. The number of unbranched alkanes of at least 4 members (excludes halogenated alkanes) is 13. The largest absolute Gasteiger partial charge is 0.494 e. The van der Waals surface area contributed by atoms with Gasteiger partial charge in [-0.05, 0) is 118 Å². The lowest BCUT2D eigenvalue weighted by Gasteiger charge is -2.13. The Balaban J connectivity index is 1.45. The Labute approximate surface area is 369 Å². The van der Waals surface area contributed by atoms with Crippen LogP contribution in [0.3, 0.4) is 0 Å². The maximum Gasteiger partial charge on any atom is 0.343 e. The Morgan fingerprint density at radius 2 is 1.19 bits per heavy atom. The summed E-state index contributed by atoms with van der Waals surface area (Å²) in [6.07, 6.45) is 19.9. The van der Waals surface area contributed by atoms with E-state index < -0.39 is 17.9 Å². The van der Waals surface area contributed by atoms with E-state index in [2.05, 4.69) is 18.2 Å². The van der Waals surface area contributed by atoms with Crippen molar-refractivity contribution in [2.24, 2.45) is 0 Å². The van der Waals surface area contributed by atoms with Crippen molar-refractivity contribution in [2.45, 2.75) is 123 Å². The van der Waals surface area contributed by atoms with Crippen molar-refractivity contribution in [2.75, 3.05) is 40.6 Å². The van der Waals surface area contributed by atoms with Gasteiger partial charge in [0.2, 0.25) is 0 Å². The van der Waals surface area contributed by atoms with E-state index in [1.54, 1.807) is 56.5 Å². The lowest BCUT2D eigenvalue weighted by atomic mass is 10.1. The minimum Gasteiger partial charge on any atom is -0.494 e. The molecule has 0 aliphatic carbocycles. The van der Waals surface area contributed by atoms with Crippen LogP contribution in [-0.2, 0) is 30.2 Å². The SMILES string of the molecule is C=C(C)C(=O)OCCCCCCCCCCCOC(=O)c1cc(OCCCCCCOc2ccc(/C=C/C(=O)OC)cc2OC)ccc1OC(=O)c1ccc(CCCCC)cc1. The number of esters is 4. The second kappa shape index (κ2) is 30.4. The standard InChI is InChI=1S/C51H68O11/c1-6-7-17-22-40-23-27-42(28-24-40)50(54)62-45-31-29-43(38-44(45)51(55)61-36-21-14-12-10-8-9-11-13-20-35-60-49(53)39(2)3)58-33-18-15-16-19-34-59-46-30-25-41(37-47(46)56-4)26-32-48(52)57-5/h23-32,37-38H,2,6-22,33-36H2,1,3-5H3/b32-26+. The molecule has 0 unspecified atom stereocenters. The Hall–Kier alpha value is -5.58. The van der Waals surface area contributed by atoms with E-state index >= 15 is 0 Å². The minimum absolute atomic E-state index is 0.122. The molecule has 0 heterocycles. The van der Waals surface area contributed by atoms with Crippen LogP contribution in [0.4, 0.5) is 0 Å². The maximum atomic E-state index is 13.4. The van der Waals surface area contributed by atoms with E-state index in [1.165, 1.54) is 18.7 Å². The molecule has 62 heavy (non-hydrogen) atoms. The third kappa shape index (κ3) is 20.3. The summed E-state index contributed by atoms with van der Waals surface area (Å²) in [7, 11) is 2.90. The predicted octanol–water partition coefficient (Wildman–Crippen LogP) is 11.6. The summed E-state index contributed by atoms with van der Waals surface area (Å²) in [5.74, 6) is -0.0640. The fraction of sp³-hybridized carbons (Fsp3) is 0.490. The Bertz CT molecular complexity index is 1850. The Morgan fingerprint density at radius 3 is 1.81 bits per heavy atom. The third-order valence-electron chi connectivity index (χ3n) is 10.1. The van der Waals surface area contributed by atoms with Crippen LogP contribution < -0.4 is 18.9 Å². The molecule has 0 fully saturated rings. The second-order valence-electron chi connectivity index (χ2n) is 15.3. The van der Waals surface area contributed by atoms with Crippen molar-refractivity contribution in [1.29, 1.82) is 0 Å². The first-order valence-electron chi connectivity index (χ1n) is 22.3. The number of hydrogen-bond acceptors (Lipinski definition) is 11. The summed E-state index contributed by atoms with van der Waals surface area (Å²) in [5.41, 5.74) is 2.92. The number of carbonyl (C=O) groups is 4. The Morgan fingerprint density at radius 1 is 0.597 bits per heavy atom. The summed E-state index contributed by atoms with van der Waals surface area (Å²) in [4.78, 5) is 49.5. The molecule has 3 aromatic carbocycles. The van der Waals surface area contributed by atoms with Crippen molar-refractivity contribution >= 4 is 30.0 Å². The molecule has 0 aromatic heterocycles. The number of ether oxygens (including phenoxy) is 7. The number of hydrogen-bond donors (Lipinski definition) is 0. The van der Waals surface area contributed by atoms with Crippen molar-refractivity contribution in [1.82, 2.24) is 0 Å². The lowest BCUT2D eigenvalue weighted by Crippen LogP contribution is -2.14. The maximum absolute atomic E-state index is 13.4. The molecule has 0 aliphatic rings.